The van der Waals surface area contributed by atoms with Crippen molar-refractivity contribution in [1.29, 1.82) is 0 Å². The zero-order chi connectivity index (χ0) is 22.9. The molecule has 0 radical (unpaired) electrons. The molecule has 1 heterocycles. The van der Waals surface area contributed by atoms with Gasteiger partial charge in [-0.1, -0.05) is 38.1 Å². The Labute approximate surface area is 191 Å². The fourth-order valence-corrected chi connectivity index (χ4v) is 5.90. The van der Waals surface area contributed by atoms with Crippen LogP contribution in [0.5, 0.6) is 5.75 Å². The lowest BCUT2D eigenvalue weighted by atomic mass is 10.0. The van der Waals surface area contributed by atoms with E-state index >= 15 is 0 Å². The molecule has 4 rings (SSSR count). The van der Waals surface area contributed by atoms with Crippen molar-refractivity contribution >= 4 is 15.9 Å². The van der Waals surface area contributed by atoms with Gasteiger partial charge in [-0.25, -0.2) is 8.42 Å². The van der Waals surface area contributed by atoms with Crippen molar-refractivity contribution in [2.75, 3.05) is 20.2 Å². The zero-order valence-corrected chi connectivity index (χ0v) is 19.9. The van der Waals surface area contributed by atoms with E-state index in [-0.39, 0.29) is 22.6 Å². The van der Waals surface area contributed by atoms with Gasteiger partial charge in [0.25, 0.3) is 5.91 Å². The average Bonchev–Trinajstić information content (AvgIpc) is 3.48. The van der Waals surface area contributed by atoms with E-state index in [4.69, 9.17) is 4.74 Å². The van der Waals surface area contributed by atoms with Gasteiger partial charge in [0, 0.05) is 31.2 Å². The van der Waals surface area contributed by atoms with Gasteiger partial charge in [0.2, 0.25) is 10.0 Å². The highest BCUT2D eigenvalue weighted by Crippen LogP contribution is 2.33. The first-order chi connectivity index (χ1) is 15.3. The normalized spacial score (nSPS) is 17.0. The van der Waals surface area contributed by atoms with Crippen molar-refractivity contribution in [1.82, 2.24) is 9.21 Å². The number of benzene rings is 2. The molecule has 6 nitrogen and oxygen atoms in total. The summed E-state index contributed by atoms with van der Waals surface area (Å²) in [5.41, 5.74) is 2.73. The van der Waals surface area contributed by atoms with E-state index in [0.29, 0.717) is 31.1 Å². The summed E-state index contributed by atoms with van der Waals surface area (Å²) in [6.45, 7) is 5.84. The molecule has 2 fully saturated rings. The molecule has 1 aliphatic heterocycles. The van der Waals surface area contributed by atoms with Crippen molar-refractivity contribution in [3.05, 3.63) is 59.2 Å². The number of carbonyl (C=O) groups excluding carboxylic acids is 1. The van der Waals surface area contributed by atoms with Crippen LogP contribution in [0.3, 0.4) is 0 Å². The molecule has 2 aliphatic rings. The Bertz CT molecular complexity index is 1070. The molecule has 2 aromatic rings. The highest BCUT2D eigenvalue weighted by molar-refractivity contribution is 7.89. The van der Waals surface area contributed by atoms with Crippen LogP contribution in [0, 0.1) is 0 Å². The van der Waals surface area contributed by atoms with Gasteiger partial charge in [0.1, 0.15) is 10.6 Å². The third kappa shape index (κ3) is 4.69. The van der Waals surface area contributed by atoms with Crippen LogP contribution in [0.2, 0.25) is 0 Å². The molecule has 0 unspecified atom stereocenters. The highest BCUT2D eigenvalue weighted by Gasteiger charge is 2.35. The molecule has 1 amide bonds. The van der Waals surface area contributed by atoms with E-state index < -0.39 is 10.0 Å². The number of hydrogen-bond donors (Lipinski definition) is 0. The number of amides is 1. The zero-order valence-electron chi connectivity index (χ0n) is 19.1. The van der Waals surface area contributed by atoms with Crippen LogP contribution < -0.4 is 4.74 Å². The quantitative estimate of drug-likeness (QED) is 0.590. The molecule has 0 N–H and O–H groups in total. The van der Waals surface area contributed by atoms with Gasteiger partial charge in [0.15, 0.2) is 0 Å². The predicted molar refractivity (Wildman–Crippen MR) is 124 cm³/mol. The third-order valence-corrected chi connectivity index (χ3v) is 8.26. The minimum absolute atomic E-state index is 0.0739. The van der Waals surface area contributed by atoms with E-state index in [0.717, 1.165) is 31.2 Å². The van der Waals surface area contributed by atoms with Gasteiger partial charge in [-0.3, -0.25) is 4.79 Å². The summed E-state index contributed by atoms with van der Waals surface area (Å²) in [5.74, 6) is 0.595. The number of hydrogen-bond acceptors (Lipinski definition) is 4. The Morgan fingerprint density at radius 3 is 2.31 bits per heavy atom. The van der Waals surface area contributed by atoms with E-state index in [9.17, 15) is 13.2 Å². The fraction of sp³-hybridized carbons (Fsp3) is 0.480. The summed E-state index contributed by atoms with van der Waals surface area (Å²) in [4.78, 5) is 15.4. The van der Waals surface area contributed by atoms with Gasteiger partial charge >= 0.3 is 0 Å². The molecule has 2 aromatic carbocycles. The number of rotatable bonds is 8. The Hall–Kier alpha value is -2.38. The molecular weight excluding hydrogens is 424 g/mol. The largest absolute Gasteiger partial charge is 0.495 e. The Morgan fingerprint density at radius 2 is 1.75 bits per heavy atom. The molecule has 0 bridgehead atoms. The number of nitrogens with zero attached hydrogens (tertiary/aromatic N) is 2. The van der Waals surface area contributed by atoms with Crippen LogP contribution in [-0.4, -0.2) is 49.8 Å². The fourth-order valence-electron chi connectivity index (χ4n) is 4.20. The van der Waals surface area contributed by atoms with E-state index in [1.165, 1.54) is 23.0 Å². The summed E-state index contributed by atoms with van der Waals surface area (Å²) in [5, 5.41) is 0. The first-order valence-electron chi connectivity index (χ1n) is 11.4. The first-order valence-corrected chi connectivity index (χ1v) is 12.8. The molecule has 7 heteroatoms. The first kappa shape index (κ1) is 22.8. The van der Waals surface area contributed by atoms with Crippen LogP contribution in [-0.2, 0) is 16.6 Å². The topological polar surface area (TPSA) is 66.9 Å². The molecule has 0 atom stereocenters. The number of methoxy groups -OCH3 is 1. The molecule has 0 spiro atoms. The predicted octanol–water partition coefficient (Wildman–Crippen LogP) is 4.41. The average molecular weight is 457 g/mol. The second-order valence-corrected chi connectivity index (χ2v) is 10.9. The summed E-state index contributed by atoms with van der Waals surface area (Å²) in [6, 6.07) is 13.3. The molecule has 32 heavy (non-hydrogen) atoms. The minimum Gasteiger partial charge on any atom is -0.495 e. The second-order valence-electron chi connectivity index (χ2n) is 9.04. The van der Waals surface area contributed by atoms with Gasteiger partial charge in [-0.05, 0) is 60.9 Å². The lowest BCUT2D eigenvalue weighted by Gasteiger charge is -2.24. The molecular formula is C25H32N2O4S. The molecule has 0 aromatic heterocycles. The third-order valence-electron chi connectivity index (χ3n) is 6.34. The standard InChI is InChI=1S/C25H32N2O4S/c1-18(2)20-8-6-19(7-9-20)17-27(22-11-12-22)25(28)21-10-13-23(31-3)24(16-21)32(29,30)26-14-4-5-15-26/h6-10,13,16,18,22H,4-5,11-12,14-15,17H2,1-3H3. The Balaban J connectivity index is 1.62. The summed E-state index contributed by atoms with van der Waals surface area (Å²) < 4.78 is 33.2. The molecule has 1 saturated carbocycles. The van der Waals surface area contributed by atoms with Crippen molar-refractivity contribution in [2.24, 2.45) is 0 Å². The van der Waals surface area contributed by atoms with Crippen molar-refractivity contribution in [3.8, 4) is 5.75 Å². The van der Waals surface area contributed by atoms with Crippen LogP contribution in [0.1, 0.15) is 66.9 Å². The van der Waals surface area contributed by atoms with Crippen molar-refractivity contribution < 1.29 is 17.9 Å². The molecule has 1 saturated heterocycles. The van der Waals surface area contributed by atoms with Crippen LogP contribution in [0.15, 0.2) is 47.4 Å². The van der Waals surface area contributed by atoms with Crippen molar-refractivity contribution in [3.63, 3.8) is 0 Å². The smallest absolute Gasteiger partial charge is 0.254 e. The maximum absolute atomic E-state index is 13.5. The monoisotopic (exact) mass is 456 g/mol. The number of carbonyl (C=O) groups is 1. The summed E-state index contributed by atoms with van der Waals surface area (Å²) in [7, 11) is -2.25. The van der Waals surface area contributed by atoms with E-state index in [1.54, 1.807) is 12.1 Å². The second kappa shape index (κ2) is 9.24. The lowest BCUT2D eigenvalue weighted by molar-refractivity contribution is 0.0729. The minimum atomic E-state index is -3.70. The van der Waals surface area contributed by atoms with Gasteiger partial charge in [0.05, 0.1) is 7.11 Å². The van der Waals surface area contributed by atoms with E-state index in [1.807, 2.05) is 4.90 Å². The molecule has 1 aliphatic carbocycles. The van der Waals surface area contributed by atoms with E-state index in [2.05, 4.69) is 38.1 Å². The van der Waals surface area contributed by atoms with Gasteiger partial charge < -0.3 is 9.64 Å². The van der Waals surface area contributed by atoms with Crippen LogP contribution >= 0.6 is 0 Å². The van der Waals surface area contributed by atoms with Gasteiger partial charge in [-0.2, -0.15) is 4.31 Å². The number of ether oxygens (including phenoxy) is 1. The number of sulfonamides is 1. The SMILES string of the molecule is COc1ccc(C(=O)N(Cc2ccc(C(C)C)cc2)C2CC2)cc1S(=O)(=O)N1CCCC1. The Morgan fingerprint density at radius 1 is 1.09 bits per heavy atom. The van der Waals surface area contributed by atoms with Crippen LogP contribution in [0.4, 0.5) is 0 Å². The molecule has 172 valence electrons. The highest BCUT2D eigenvalue weighted by atomic mass is 32.2. The van der Waals surface area contributed by atoms with Crippen LogP contribution in [0.25, 0.3) is 0 Å². The van der Waals surface area contributed by atoms with Crippen molar-refractivity contribution in [2.45, 2.75) is 62.9 Å². The Kier molecular flexibility index (Phi) is 6.58. The summed E-state index contributed by atoms with van der Waals surface area (Å²) in [6.07, 6.45) is 3.66. The maximum Gasteiger partial charge on any atom is 0.254 e. The lowest BCUT2D eigenvalue weighted by Crippen LogP contribution is -2.33. The maximum atomic E-state index is 13.5. The van der Waals surface area contributed by atoms with Gasteiger partial charge in [-0.15, -0.1) is 0 Å². The summed E-state index contributed by atoms with van der Waals surface area (Å²) >= 11 is 0.